The number of aromatic nitrogens is 4. The van der Waals surface area contributed by atoms with Gasteiger partial charge in [0.15, 0.2) is 0 Å². The second kappa shape index (κ2) is 7.02. The van der Waals surface area contributed by atoms with Gasteiger partial charge in [-0.1, -0.05) is 18.2 Å². The maximum Gasteiger partial charge on any atom is 0.433 e. The van der Waals surface area contributed by atoms with Crippen LogP contribution in [0.4, 0.5) is 13.2 Å². The predicted octanol–water partition coefficient (Wildman–Crippen LogP) is 2.71. The third kappa shape index (κ3) is 3.39. The van der Waals surface area contributed by atoms with Crippen molar-refractivity contribution in [1.82, 2.24) is 19.3 Å². The highest BCUT2D eigenvalue weighted by molar-refractivity contribution is 5.82. The van der Waals surface area contributed by atoms with E-state index in [2.05, 4.69) is 10.1 Å². The summed E-state index contributed by atoms with van der Waals surface area (Å²) >= 11 is 0. The second-order valence-electron chi connectivity index (χ2n) is 6.84. The van der Waals surface area contributed by atoms with Gasteiger partial charge in [-0.25, -0.2) is 19.3 Å². The van der Waals surface area contributed by atoms with Gasteiger partial charge in [-0.15, -0.1) is 0 Å². The smallest absolute Gasteiger partial charge is 0.433 e. The van der Waals surface area contributed by atoms with E-state index in [1.54, 1.807) is 18.2 Å². The second-order valence-corrected chi connectivity index (χ2v) is 6.84. The normalized spacial score (nSPS) is 16.6. The number of ether oxygens (including phenoxy) is 1. The van der Waals surface area contributed by atoms with E-state index in [9.17, 15) is 22.8 Å². The number of para-hydroxylation sites is 1. The number of esters is 1. The van der Waals surface area contributed by atoms with E-state index in [-0.39, 0.29) is 17.6 Å². The minimum atomic E-state index is -4.62. The third-order valence-corrected chi connectivity index (χ3v) is 5.02. The van der Waals surface area contributed by atoms with Crippen LogP contribution in [0, 0.1) is 0 Å². The molecule has 29 heavy (non-hydrogen) atoms. The Hall–Kier alpha value is -3.17. The molecule has 0 radical (unpaired) electrons. The van der Waals surface area contributed by atoms with Gasteiger partial charge in [-0.2, -0.15) is 18.3 Å². The van der Waals surface area contributed by atoms with Crippen molar-refractivity contribution in [3.63, 3.8) is 0 Å². The van der Waals surface area contributed by atoms with Crippen molar-refractivity contribution >= 4 is 16.9 Å². The molecule has 2 aromatic heterocycles. The molecule has 0 unspecified atom stereocenters. The summed E-state index contributed by atoms with van der Waals surface area (Å²) < 4.78 is 47.0. The molecule has 0 saturated heterocycles. The van der Waals surface area contributed by atoms with Crippen molar-refractivity contribution < 1.29 is 22.7 Å². The number of aryl methyl sites for hydroxylation is 1. The fraction of sp³-hybridized carbons (Fsp3) is 0.368. The fourth-order valence-corrected chi connectivity index (χ4v) is 3.68. The summed E-state index contributed by atoms with van der Waals surface area (Å²) in [5, 5.41) is 4.77. The van der Waals surface area contributed by atoms with Crippen LogP contribution in [0.3, 0.4) is 0 Å². The Bertz CT molecular complexity index is 1150. The summed E-state index contributed by atoms with van der Waals surface area (Å²) in [4.78, 5) is 28.6. The first-order valence-electron chi connectivity index (χ1n) is 9.01. The van der Waals surface area contributed by atoms with Crippen LogP contribution in [0.25, 0.3) is 10.9 Å². The number of fused-ring (bicyclic) bond motifs is 2. The summed E-state index contributed by atoms with van der Waals surface area (Å²) in [6.45, 7) is -0.168. The van der Waals surface area contributed by atoms with Crippen LogP contribution >= 0.6 is 0 Å². The zero-order valence-electron chi connectivity index (χ0n) is 15.4. The van der Waals surface area contributed by atoms with E-state index in [4.69, 9.17) is 4.74 Å². The molecule has 10 heteroatoms. The maximum absolute atomic E-state index is 13.3. The topological polar surface area (TPSA) is 79.0 Å². The lowest BCUT2D eigenvalue weighted by Gasteiger charge is -2.20. The van der Waals surface area contributed by atoms with E-state index in [1.165, 1.54) is 17.7 Å². The van der Waals surface area contributed by atoms with Gasteiger partial charge in [0.1, 0.15) is 17.6 Å². The van der Waals surface area contributed by atoms with Crippen LogP contribution in [0.2, 0.25) is 0 Å². The summed E-state index contributed by atoms with van der Waals surface area (Å²) in [6.07, 6.45) is -3.01. The molecule has 3 aromatic rings. The number of rotatable bonds is 3. The molecule has 4 rings (SSSR count). The SMILES string of the molecule is COC(=O)[C@@H]1CCCc2nn(Cc3cc(C(F)(F)F)nc4ccccc34)c(=O)n21. The number of hydrogen-bond donors (Lipinski definition) is 0. The molecule has 0 spiro atoms. The van der Waals surface area contributed by atoms with Gasteiger partial charge in [-0.05, 0) is 30.5 Å². The standard InChI is InChI=1S/C19H17F3N4O3/c1-29-17(27)14-7-4-8-16-24-25(18(28)26(14)16)10-11-9-15(19(20,21)22)23-13-6-3-2-5-12(11)13/h2-3,5-6,9,14H,4,7-8,10H2,1H3/t14-/m0/s1. The van der Waals surface area contributed by atoms with Gasteiger partial charge in [0, 0.05) is 11.8 Å². The average Bonchev–Trinajstić information content (AvgIpc) is 3.02. The van der Waals surface area contributed by atoms with Crippen molar-refractivity contribution in [2.45, 2.75) is 38.0 Å². The van der Waals surface area contributed by atoms with Crippen LogP contribution < -0.4 is 5.69 Å². The van der Waals surface area contributed by atoms with Gasteiger partial charge in [0.2, 0.25) is 0 Å². The van der Waals surface area contributed by atoms with Crippen molar-refractivity contribution in [2.75, 3.05) is 7.11 Å². The largest absolute Gasteiger partial charge is 0.467 e. The van der Waals surface area contributed by atoms with Gasteiger partial charge in [0.05, 0.1) is 19.2 Å². The first kappa shape index (κ1) is 19.2. The van der Waals surface area contributed by atoms with Gasteiger partial charge >= 0.3 is 17.8 Å². The van der Waals surface area contributed by atoms with E-state index in [0.717, 1.165) is 10.7 Å². The first-order valence-corrected chi connectivity index (χ1v) is 9.01. The fourth-order valence-electron chi connectivity index (χ4n) is 3.68. The lowest BCUT2D eigenvalue weighted by molar-refractivity contribution is -0.145. The third-order valence-electron chi connectivity index (χ3n) is 5.02. The van der Waals surface area contributed by atoms with Crippen LogP contribution in [-0.4, -0.2) is 32.4 Å². The van der Waals surface area contributed by atoms with Gasteiger partial charge < -0.3 is 4.74 Å². The summed E-state index contributed by atoms with van der Waals surface area (Å²) in [5.74, 6) is -0.118. The van der Waals surface area contributed by atoms with Crippen molar-refractivity contribution in [2.24, 2.45) is 0 Å². The molecule has 1 aliphatic heterocycles. The molecular weight excluding hydrogens is 389 g/mol. The predicted molar refractivity (Wildman–Crippen MR) is 96.3 cm³/mol. The van der Waals surface area contributed by atoms with Crippen molar-refractivity contribution in [3.8, 4) is 0 Å². The quantitative estimate of drug-likeness (QED) is 0.625. The number of halogens is 3. The molecule has 7 nitrogen and oxygen atoms in total. The minimum Gasteiger partial charge on any atom is -0.467 e. The van der Waals surface area contributed by atoms with E-state index in [1.807, 2.05) is 0 Å². The highest BCUT2D eigenvalue weighted by atomic mass is 19.4. The maximum atomic E-state index is 13.3. The van der Waals surface area contributed by atoms with Crippen LogP contribution in [0.5, 0.6) is 0 Å². The zero-order chi connectivity index (χ0) is 20.8. The molecule has 152 valence electrons. The highest BCUT2D eigenvalue weighted by Crippen LogP contribution is 2.31. The van der Waals surface area contributed by atoms with E-state index < -0.39 is 29.6 Å². The number of hydrogen-bond acceptors (Lipinski definition) is 5. The van der Waals surface area contributed by atoms with E-state index >= 15 is 0 Å². The molecule has 0 aliphatic carbocycles. The molecule has 3 heterocycles. The Kier molecular flexibility index (Phi) is 4.64. The number of nitrogens with zero attached hydrogens (tertiary/aromatic N) is 4. The molecule has 1 aromatic carbocycles. The van der Waals surface area contributed by atoms with E-state index in [0.29, 0.717) is 30.5 Å². The molecule has 0 fully saturated rings. The highest BCUT2D eigenvalue weighted by Gasteiger charge is 2.34. The number of carbonyl (C=O) groups excluding carboxylic acids is 1. The van der Waals surface area contributed by atoms with Crippen molar-refractivity contribution in [3.05, 3.63) is 57.9 Å². The summed E-state index contributed by atoms with van der Waals surface area (Å²) in [5.41, 5.74) is -1.13. The Morgan fingerprint density at radius 3 is 2.79 bits per heavy atom. The lowest BCUT2D eigenvalue weighted by atomic mass is 10.1. The lowest BCUT2D eigenvalue weighted by Crippen LogP contribution is -2.35. The number of alkyl halides is 3. The number of methoxy groups -OCH3 is 1. The molecule has 0 N–H and O–H groups in total. The Balaban J connectivity index is 1.82. The number of pyridine rings is 1. The Labute approximate surface area is 162 Å². The molecule has 0 bridgehead atoms. The number of carbonyl (C=O) groups is 1. The molecule has 0 saturated carbocycles. The van der Waals surface area contributed by atoms with Crippen LogP contribution in [-0.2, 0) is 28.7 Å². The van der Waals surface area contributed by atoms with Crippen LogP contribution in [0.15, 0.2) is 35.1 Å². The van der Waals surface area contributed by atoms with Crippen molar-refractivity contribution in [1.29, 1.82) is 0 Å². The Morgan fingerprint density at radius 1 is 1.31 bits per heavy atom. The molecule has 1 aliphatic rings. The zero-order valence-corrected chi connectivity index (χ0v) is 15.4. The Morgan fingerprint density at radius 2 is 2.07 bits per heavy atom. The molecule has 1 atom stereocenters. The van der Waals surface area contributed by atoms with Gasteiger partial charge in [0.25, 0.3) is 0 Å². The molecule has 0 amide bonds. The minimum absolute atomic E-state index is 0.168. The number of benzene rings is 1. The van der Waals surface area contributed by atoms with Gasteiger partial charge in [-0.3, -0.25) is 4.57 Å². The monoisotopic (exact) mass is 406 g/mol. The summed E-state index contributed by atoms with van der Waals surface area (Å²) in [7, 11) is 1.24. The first-order chi connectivity index (χ1) is 13.8. The average molecular weight is 406 g/mol. The summed E-state index contributed by atoms with van der Waals surface area (Å²) in [6, 6.07) is 6.59. The van der Waals surface area contributed by atoms with Crippen LogP contribution in [0.1, 0.15) is 36.0 Å². The molecular formula is C19H17F3N4O3.